The van der Waals surface area contributed by atoms with Crippen molar-refractivity contribution in [2.24, 2.45) is 0 Å². The molecule has 0 aliphatic heterocycles. The van der Waals surface area contributed by atoms with Gasteiger partial charge in [0.25, 0.3) is 0 Å². The fourth-order valence-electron chi connectivity index (χ4n) is 2.52. The van der Waals surface area contributed by atoms with E-state index in [1.54, 1.807) is 0 Å². The zero-order valence-electron chi connectivity index (χ0n) is 15.1. The summed E-state index contributed by atoms with van der Waals surface area (Å²) in [5.74, 6) is 0.00259. The molecule has 0 aliphatic rings. The van der Waals surface area contributed by atoms with Gasteiger partial charge in [0.1, 0.15) is 0 Å². The number of hydrogen-bond acceptors (Lipinski definition) is 4. The van der Waals surface area contributed by atoms with Crippen LogP contribution in [0.4, 0.5) is 0 Å². The first-order valence-corrected chi connectivity index (χ1v) is 9.05. The lowest BCUT2D eigenvalue weighted by Crippen LogP contribution is -2.37. The second-order valence-electron chi connectivity index (χ2n) is 6.18. The van der Waals surface area contributed by atoms with Crippen molar-refractivity contribution in [3.63, 3.8) is 0 Å². The van der Waals surface area contributed by atoms with Gasteiger partial charge in [-0.1, -0.05) is 60.7 Å². The molecular formula is C21H28N2O3. The van der Waals surface area contributed by atoms with E-state index in [1.807, 2.05) is 48.5 Å². The number of nitrogens with one attached hydrogen (secondary N) is 2. The van der Waals surface area contributed by atoms with E-state index >= 15 is 0 Å². The minimum absolute atomic E-state index is 0.00259. The van der Waals surface area contributed by atoms with Gasteiger partial charge in [0.15, 0.2) is 0 Å². The molecule has 0 bridgehead atoms. The van der Waals surface area contributed by atoms with Crippen LogP contribution in [0, 0.1) is 0 Å². The van der Waals surface area contributed by atoms with Crippen LogP contribution in [-0.4, -0.2) is 50.0 Å². The largest absolute Gasteiger partial charge is 0.389 e. The summed E-state index contributed by atoms with van der Waals surface area (Å²) in [5, 5.41) is 15.9. The molecule has 2 aromatic carbocycles. The zero-order valence-corrected chi connectivity index (χ0v) is 15.1. The van der Waals surface area contributed by atoms with Crippen molar-refractivity contribution in [2.45, 2.75) is 18.9 Å². The number of ether oxygens (including phenoxy) is 1. The summed E-state index contributed by atoms with van der Waals surface area (Å²) in [4.78, 5) is 11.8. The Kier molecular flexibility index (Phi) is 9.43. The number of carbonyl (C=O) groups excluding carboxylic acids is 1. The Labute approximate surface area is 155 Å². The summed E-state index contributed by atoms with van der Waals surface area (Å²) < 4.78 is 5.50. The van der Waals surface area contributed by atoms with Gasteiger partial charge >= 0.3 is 0 Å². The average molecular weight is 356 g/mol. The Bertz CT molecular complexity index is 620. The highest BCUT2D eigenvalue weighted by Gasteiger charge is 2.05. The van der Waals surface area contributed by atoms with Gasteiger partial charge in [-0.2, -0.15) is 0 Å². The van der Waals surface area contributed by atoms with E-state index < -0.39 is 6.10 Å². The van der Waals surface area contributed by atoms with Crippen LogP contribution in [-0.2, 0) is 22.4 Å². The Hall–Kier alpha value is -2.21. The van der Waals surface area contributed by atoms with Gasteiger partial charge < -0.3 is 20.5 Å². The molecule has 0 aromatic heterocycles. The van der Waals surface area contributed by atoms with Gasteiger partial charge in [0, 0.05) is 19.6 Å². The Morgan fingerprint density at radius 1 is 0.962 bits per heavy atom. The number of rotatable bonds is 12. The van der Waals surface area contributed by atoms with Gasteiger partial charge in [-0.3, -0.25) is 4.79 Å². The first kappa shape index (κ1) is 20.1. The van der Waals surface area contributed by atoms with E-state index in [0.29, 0.717) is 39.3 Å². The van der Waals surface area contributed by atoms with Crippen LogP contribution in [0.2, 0.25) is 0 Å². The average Bonchev–Trinajstić information content (AvgIpc) is 2.66. The lowest BCUT2D eigenvalue weighted by atomic mass is 10.1. The van der Waals surface area contributed by atoms with Crippen molar-refractivity contribution >= 4 is 5.91 Å². The van der Waals surface area contributed by atoms with E-state index in [-0.39, 0.29) is 5.91 Å². The Balaban J connectivity index is 1.44. The van der Waals surface area contributed by atoms with E-state index in [1.165, 1.54) is 5.56 Å². The summed E-state index contributed by atoms with van der Waals surface area (Å²) in [6.07, 6.45) is 0.679. The van der Waals surface area contributed by atoms with Crippen molar-refractivity contribution in [3.8, 4) is 0 Å². The summed E-state index contributed by atoms with van der Waals surface area (Å²) in [6.45, 7) is 2.49. The quantitative estimate of drug-likeness (QED) is 0.505. The Morgan fingerprint density at radius 3 is 2.31 bits per heavy atom. The number of hydrogen-bond donors (Lipinski definition) is 3. The molecule has 3 N–H and O–H groups in total. The van der Waals surface area contributed by atoms with Crippen molar-refractivity contribution in [3.05, 3.63) is 71.8 Å². The molecule has 5 heteroatoms. The van der Waals surface area contributed by atoms with Crippen LogP contribution in [0.25, 0.3) is 0 Å². The molecule has 0 heterocycles. The minimum atomic E-state index is -0.550. The summed E-state index contributed by atoms with van der Waals surface area (Å²) in [6, 6.07) is 19.8. The normalized spacial score (nSPS) is 11.9. The zero-order chi connectivity index (χ0) is 18.5. The highest BCUT2D eigenvalue weighted by Crippen LogP contribution is 2.00. The lowest BCUT2D eigenvalue weighted by molar-refractivity contribution is -0.120. The molecular weight excluding hydrogens is 328 g/mol. The third-order valence-corrected chi connectivity index (χ3v) is 3.90. The number of aliphatic hydroxyl groups is 1. The summed E-state index contributed by atoms with van der Waals surface area (Å²) in [5.41, 5.74) is 2.23. The maximum atomic E-state index is 11.8. The second-order valence-corrected chi connectivity index (χ2v) is 6.18. The van der Waals surface area contributed by atoms with Crippen molar-refractivity contribution in [2.75, 3.05) is 32.8 Å². The maximum Gasteiger partial charge on any atom is 0.224 e. The molecule has 0 radical (unpaired) electrons. The second kappa shape index (κ2) is 12.2. The standard InChI is InChI=1S/C21H28N2O3/c24-20(17-26-14-11-18-7-3-1-4-8-18)16-22-12-13-23-21(25)15-19-9-5-2-6-10-19/h1-10,20,22,24H,11-17H2,(H,23,25). The van der Waals surface area contributed by atoms with Gasteiger partial charge in [-0.25, -0.2) is 0 Å². The fourth-order valence-corrected chi connectivity index (χ4v) is 2.52. The molecule has 2 aromatic rings. The molecule has 1 atom stereocenters. The molecule has 2 rings (SSSR count). The first-order chi connectivity index (χ1) is 12.7. The smallest absolute Gasteiger partial charge is 0.224 e. The molecule has 0 aliphatic carbocycles. The number of aliphatic hydroxyl groups excluding tert-OH is 1. The van der Waals surface area contributed by atoms with Crippen LogP contribution < -0.4 is 10.6 Å². The summed E-state index contributed by atoms with van der Waals surface area (Å²) >= 11 is 0. The SMILES string of the molecule is O=C(Cc1ccccc1)NCCNCC(O)COCCc1ccccc1. The molecule has 0 spiro atoms. The van der Waals surface area contributed by atoms with Crippen LogP contribution >= 0.6 is 0 Å². The lowest BCUT2D eigenvalue weighted by Gasteiger charge is -2.13. The van der Waals surface area contributed by atoms with Gasteiger partial charge in [-0.05, 0) is 17.5 Å². The molecule has 1 unspecified atom stereocenters. The van der Waals surface area contributed by atoms with Gasteiger partial charge in [0.05, 0.1) is 25.7 Å². The third kappa shape index (κ3) is 8.76. The molecule has 26 heavy (non-hydrogen) atoms. The van der Waals surface area contributed by atoms with Crippen LogP contribution in [0.3, 0.4) is 0 Å². The van der Waals surface area contributed by atoms with Crippen molar-refractivity contribution < 1.29 is 14.6 Å². The predicted molar refractivity (Wildman–Crippen MR) is 103 cm³/mol. The van der Waals surface area contributed by atoms with E-state index in [0.717, 1.165) is 12.0 Å². The van der Waals surface area contributed by atoms with E-state index in [9.17, 15) is 9.90 Å². The Morgan fingerprint density at radius 2 is 1.62 bits per heavy atom. The summed E-state index contributed by atoms with van der Waals surface area (Å²) in [7, 11) is 0. The van der Waals surface area contributed by atoms with Crippen molar-refractivity contribution in [1.82, 2.24) is 10.6 Å². The molecule has 5 nitrogen and oxygen atoms in total. The monoisotopic (exact) mass is 356 g/mol. The minimum Gasteiger partial charge on any atom is -0.389 e. The van der Waals surface area contributed by atoms with Gasteiger partial charge in [-0.15, -0.1) is 0 Å². The number of benzene rings is 2. The third-order valence-electron chi connectivity index (χ3n) is 3.90. The number of amides is 1. The predicted octanol–water partition coefficient (Wildman–Crippen LogP) is 1.56. The first-order valence-electron chi connectivity index (χ1n) is 9.05. The van der Waals surface area contributed by atoms with E-state index in [2.05, 4.69) is 22.8 Å². The maximum absolute atomic E-state index is 11.8. The van der Waals surface area contributed by atoms with Gasteiger partial charge in [0.2, 0.25) is 5.91 Å². The molecule has 0 saturated carbocycles. The number of carbonyl (C=O) groups is 1. The highest BCUT2D eigenvalue weighted by atomic mass is 16.5. The molecule has 0 fully saturated rings. The van der Waals surface area contributed by atoms with Crippen molar-refractivity contribution in [1.29, 1.82) is 0 Å². The fraction of sp³-hybridized carbons (Fsp3) is 0.381. The van der Waals surface area contributed by atoms with Crippen LogP contribution in [0.15, 0.2) is 60.7 Å². The van der Waals surface area contributed by atoms with Crippen LogP contribution in [0.5, 0.6) is 0 Å². The molecule has 140 valence electrons. The van der Waals surface area contributed by atoms with Crippen LogP contribution in [0.1, 0.15) is 11.1 Å². The molecule has 0 saturated heterocycles. The van der Waals surface area contributed by atoms with E-state index in [4.69, 9.17) is 4.74 Å². The topological polar surface area (TPSA) is 70.6 Å². The molecule has 1 amide bonds. The highest BCUT2D eigenvalue weighted by molar-refractivity contribution is 5.78.